The van der Waals surface area contributed by atoms with Gasteiger partial charge in [-0.15, -0.1) is 0 Å². The van der Waals surface area contributed by atoms with Crippen LogP contribution >= 0.6 is 0 Å². The number of aromatic nitrogens is 1. The Morgan fingerprint density at radius 1 is 1.67 bits per heavy atom. The van der Waals surface area contributed by atoms with E-state index in [-0.39, 0.29) is 11.9 Å². The van der Waals surface area contributed by atoms with Gasteiger partial charge in [-0.25, -0.2) is 4.98 Å². The molecule has 0 saturated carbocycles. The molecule has 0 radical (unpaired) electrons. The van der Waals surface area contributed by atoms with Crippen LogP contribution in [0, 0.1) is 11.3 Å². The number of anilines is 1. The SMILES string of the molecule is N#Cc1cccc(N2CCC2C(N)=O)n1. The predicted molar refractivity (Wildman–Crippen MR) is 53.9 cm³/mol. The molecule has 0 bridgehead atoms. The molecule has 1 fully saturated rings. The van der Waals surface area contributed by atoms with Crippen LogP contribution in [0.1, 0.15) is 12.1 Å². The molecular weight excluding hydrogens is 192 g/mol. The highest BCUT2D eigenvalue weighted by atomic mass is 16.1. The monoisotopic (exact) mass is 202 g/mol. The minimum absolute atomic E-state index is 0.272. The molecule has 76 valence electrons. The van der Waals surface area contributed by atoms with Crippen molar-refractivity contribution in [1.82, 2.24) is 4.98 Å². The first-order valence-corrected chi connectivity index (χ1v) is 4.65. The Kier molecular flexibility index (Phi) is 2.26. The van der Waals surface area contributed by atoms with Gasteiger partial charge in [0.2, 0.25) is 5.91 Å². The minimum Gasteiger partial charge on any atom is -0.368 e. The molecule has 1 unspecified atom stereocenters. The van der Waals surface area contributed by atoms with E-state index in [4.69, 9.17) is 11.0 Å². The molecule has 0 spiro atoms. The smallest absolute Gasteiger partial charge is 0.240 e. The van der Waals surface area contributed by atoms with Crippen LogP contribution < -0.4 is 10.6 Å². The fourth-order valence-electron chi connectivity index (χ4n) is 1.60. The van der Waals surface area contributed by atoms with Crippen molar-refractivity contribution in [1.29, 1.82) is 5.26 Å². The van der Waals surface area contributed by atoms with Gasteiger partial charge in [-0.3, -0.25) is 4.79 Å². The van der Waals surface area contributed by atoms with Crippen LogP contribution in [0.2, 0.25) is 0 Å². The van der Waals surface area contributed by atoms with Crippen molar-refractivity contribution in [3.05, 3.63) is 23.9 Å². The molecule has 2 rings (SSSR count). The summed E-state index contributed by atoms with van der Waals surface area (Å²) in [4.78, 5) is 16.9. The van der Waals surface area contributed by atoms with Crippen LogP contribution in [0.3, 0.4) is 0 Å². The molecule has 0 aliphatic carbocycles. The number of hydrogen-bond donors (Lipinski definition) is 1. The number of carbonyl (C=O) groups excluding carboxylic acids is 1. The van der Waals surface area contributed by atoms with Crippen molar-refractivity contribution in [3.63, 3.8) is 0 Å². The summed E-state index contributed by atoms with van der Waals surface area (Å²) < 4.78 is 0. The van der Waals surface area contributed by atoms with Crippen LogP contribution in [0.5, 0.6) is 0 Å². The Labute approximate surface area is 87.1 Å². The predicted octanol–water partition coefficient (Wildman–Crippen LogP) is 0.0173. The van der Waals surface area contributed by atoms with Gasteiger partial charge in [0.1, 0.15) is 23.6 Å². The summed E-state index contributed by atoms with van der Waals surface area (Å²) in [5.41, 5.74) is 5.57. The number of hydrogen-bond acceptors (Lipinski definition) is 4. The summed E-state index contributed by atoms with van der Waals surface area (Å²) in [5, 5.41) is 8.69. The third-order valence-corrected chi connectivity index (χ3v) is 2.49. The lowest BCUT2D eigenvalue weighted by Gasteiger charge is -2.39. The Balaban J connectivity index is 2.23. The van der Waals surface area contributed by atoms with Crippen LogP contribution in [0.25, 0.3) is 0 Å². The number of carbonyl (C=O) groups is 1. The van der Waals surface area contributed by atoms with Gasteiger partial charge in [0.25, 0.3) is 0 Å². The second-order valence-corrected chi connectivity index (χ2v) is 3.39. The highest BCUT2D eigenvalue weighted by Crippen LogP contribution is 2.24. The summed E-state index contributed by atoms with van der Waals surface area (Å²) >= 11 is 0. The highest BCUT2D eigenvalue weighted by molar-refractivity contribution is 5.85. The molecular formula is C10H10N4O. The number of rotatable bonds is 2. The van der Waals surface area contributed by atoms with Crippen molar-refractivity contribution < 1.29 is 4.79 Å². The average Bonchev–Trinajstić information content (AvgIpc) is 2.15. The summed E-state index contributed by atoms with van der Waals surface area (Å²) in [6.07, 6.45) is 0.758. The topological polar surface area (TPSA) is 83.0 Å². The van der Waals surface area contributed by atoms with Crippen molar-refractivity contribution in [2.45, 2.75) is 12.5 Å². The molecule has 5 nitrogen and oxygen atoms in total. The fraction of sp³-hybridized carbons (Fsp3) is 0.300. The van der Waals surface area contributed by atoms with E-state index in [0.717, 1.165) is 13.0 Å². The second kappa shape index (κ2) is 3.58. The van der Waals surface area contributed by atoms with Crippen LogP contribution in [0.15, 0.2) is 18.2 Å². The zero-order valence-corrected chi connectivity index (χ0v) is 8.05. The Bertz CT molecular complexity index is 437. The maximum absolute atomic E-state index is 11.0. The van der Waals surface area contributed by atoms with Crippen LogP contribution in [0.4, 0.5) is 5.82 Å². The highest BCUT2D eigenvalue weighted by Gasteiger charge is 2.33. The van der Waals surface area contributed by atoms with Gasteiger partial charge in [-0.1, -0.05) is 6.07 Å². The lowest BCUT2D eigenvalue weighted by molar-refractivity contribution is -0.120. The minimum atomic E-state index is -0.342. The number of nitrogens with two attached hydrogens (primary N) is 1. The third kappa shape index (κ3) is 1.62. The quantitative estimate of drug-likeness (QED) is 0.732. The molecule has 5 heteroatoms. The summed E-state index contributed by atoms with van der Waals surface area (Å²) in [5.74, 6) is 0.300. The molecule has 1 aromatic heterocycles. The zero-order valence-electron chi connectivity index (χ0n) is 8.05. The maximum atomic E-state index is 11.0. The Morgan fingerprint density at radius 2 is 2.47 bits per heavy atom. The lowest BCUT2D eigenvalue weighted by Crippen LogP contribution is -2.55. The molecule has 2 N–H and O–H groups in total. The molecule has 2 heterocycles. The molecule has 15 heavy (non-hydrogen) atoms. The van der Waals surface area contributed by atoms with Gasteiger partial charge >= 0.3 is 0 Å². The maximum Gasteiger partial charge on any atom is 0.240 e. The average molecular weight is 202 g/mol. The standard InChI is InChI=1S/C10H10N4O/c11-6-7-2-1-3-9(13-7)14-5-4-8(14)10(12)15/h1-3,8H,4-5H2,(H2,12,15). The molecule has 1 amide bonds. The first-order valence-electron chi connectivity index (χ1n) is 4.65. The molecule has 1 aromatic rings. The number of nitriles is 1. The van der Waals surface area contributed by atoms with E-state index >= 15 is 0 Å². The normalized spacial score (nSPS) is 19.1. The van der Waals surface area contributed by atoms with E-state index in [1.807, 2.05) is 11.0 Å². The van der Waals surface area contributed by atoms with Gasteiger partial charge in [-0.05, 0) is 18.6 Å². The number of nitrogens with zero attached hydrogens (tertiary/aromatic N) is 3. The molecule has 1 aliphatic rings. The molecule has 1 saturated heterocycles. The van der Waals surface area contributed by atoms with Crippen molar-refractivity contribution >= 4 is 11.7 Å². The Hall–Kier alpha value is -2.09. The van der Waals surface area contributed by atoms with Crippen molar-refractivity contribution in [2.24, 2.45) is 5.73 Å². The largest absolute Gasteiger partial charge is 0.368 e. The summed E-state index contributed by atoms with van der Waals surface area (Å²) in [7, 11) is 0. The first-order chi connectivity index (χ1) is 7.22. The number of amides is 1. The summed E-state index contributed by atoms with van der Waals surface area (Å²) in [6.45, 7) is 0.759. The van der Waals surface area contributed by atoms with E-state index in [2.05, 4.69) is 4.98 Å². The van der Waals surface area contributed by atoms with Crippen LogP contribution in [-0.2, 0) is 4.79 Å². The van der Waals surface area contributed by atoms with Crippen molar-refractivity contribution in [2.75, 3.05) is 11.4 Å². The van der Waals surface area contributed by atoms with Gasteiger partial charge in [0, 0.05) is 6.54 Å². The first kappa shape index (κ1) is 9.46. The molecule has 0 aromatic carbocycles. The zero-order chi connectivity index (χ0) is 10.8. The van der Waals surface area contributed by atoms with Gasteiger partial charge < -0.3 is 10.6 Å². The van der Waals surface area contributed by atoms with Crippen molar-refractivity contribution in [3.8, 4) is 6.07 Å². The van der Waals surface area contributed by atoms with Crippen LogP contribution in [-0.4, -0.2) is 23.5 Å². The molecule has 1 atom stereocenters. The summed E-state index contributed by atoms with van der Waals surface area (Å²) in [6, 6.07) is 6.84. The van der Waals surface area contributed by atoms with Gasteiger partial charge in [-0.2, -0.15) is 5.26 Å². The Morgan fingerprint density at radius 3 is 3.00 bits per heavy atom. The molecule has 1 aliphatic heterocycles. The van der Waals surface area contributed by atoms with E-state index in [9.17, 15) is 4.79 Å². The van der Waals surface area contributed by atoms with E-state index < -0.39 is 0 Å². The fourth-order valence-corrected chi connectivity index (χ4v) is 1.60. The number of pyridine rings is 1. The van der Waals surface area contributed by atoms with Gasteiger partial charge in [0.05, 0.1) is 0 Å². The third-order valence-electron chi connectivity index (χ3n) is 2.49. The van der Waals surface area contributed by atoms with E-state index in [1.165, 1.54) is 0 Å². The second-order valence-electron chi connectivity index (χ2n) is 3.39. The van der Waals surface area contributed by atoms with E-state index in [1.54, 1.807) is 18.2 Å². The lowest BCUT2D eigenvalue weighted by atomic mass is 10.0. The number of primary amides is 1. The van der Waals surface area contributed by atoms with E-state index in [0.29, 0.717) is 11.5 Å². The van der Waals surface area contributed by atoms with Gasteiger partial charge in [0.15, 0.2) is 0 Å².